The largest absolute Gasteiger partial charge is 0.346 e. The van der Waals surface area contributed by atoms with Crippen LogP contribution in [-0.2, 0) is 25.8 Å². The van der Waals surface area contributed by atoms with Gasteiger partial charge in [0, 0.05) is 25.8 Å². The first-order valence-corrected chi connectivity index (χ1v) is 2.91. The molecule has 1 fully saturated rings. The van der Waals surface area contributed by atoms with E-state index in [9.17, 15) is 0 Å². The first-order chi connectivity index (χ1) is 3.39. The molecule has 0 amide bonds. The van der Waals surface area contributed by atoms with Gasteiger partial charge in [-0.2, -0.15) is 13.3 Å². The standard InChI is InChI=1S/C6H12N.Sc/c1-6-3-2-4-7-5-6;/h7H,2-5H2,1H3;/q-1;. The number of nitrogens with one attached hydrogen (secondary N) is 1. The fourth-order valence-electron chi connectivity index (χ4n) is 0.905. The molecule has 0 aliphatic carbocycles. The maximum Gasteiger partial charge on any atom is 0 e. The molecule has 1 heterocycles. The average molecular weight is 143 g/mol. The van der Waals surface area contributed by atoms with Crippen molar-refractivity contribution in [1.82, 2.24) is 5.32 Å². The molecule has 8 heavy (non-hydrogen) atoms. The van der Waals surface area contributed by atoms with E-state index in [1.54, 1.807) is 5.92 Å². The molecular weight excluding hydrogens is 131 g/mol. The van der Waals surface area contributed by atoms with Gasteiger partial charge in [-0.1, -0.05) is 6.42 Å². The quantitative estimate of drug-likeness (QED) is 0.498. The molecule has 1 radical (unpaired) electrons. The summed E-state index contributed by atoms with van der Waals surface area (Å²) in [6, 6.07) is 0. The van der Waals surface area contributed by atoms with Crippen LogP contribution >= 0.6 is 0 Å². The maximum atomic E-state index is 3.30. The molecule has 1 rings (SSSR count). The fourth-order valence-corrected chi connectivity index (χ4v) is 0.905. The number of rotatable bonds is 0. The molecule has 0 aromatic rings. The van der Waals surface area contributed by atoms with E-state index in [0.717, 1.165) is 6.54 Å². The van der Waals surface area contributed by atoms with E-state index in [0.29, 0.717) is 0 Å². The minimum absolute atomic E-state index is 0. The van der Waals surface area contributed by atoms with E-state index in [4.69, 9.17) is 0 Å². The van der Waals surface area contributed by atoms with Gasteiger partial charge in [-0.05, 0) is 6.54 Å². The second-order valence-electron chi connectivity index (χ2n) is 2.24. The van der Waals surface area contributed by atoms with Gasteiger partial charge in [0.1, 0.15) is 0 Å². The van der Waals surface area contributed by atoms with Crippen molar-refractivity contribution in [1.29, 1.82) is 0 Å². The summed E-state index contributed by atoms with van der Waals surface area (Å²) in [5.41, 5.74) is 0. The predicted octanol–water partition coefficient (Wildman–Crippen LogP) is 0.962. The topological polar surface area (TPSA) is 12.0 Å². The van der Waals surface area contributed by atoms with Crippen LogP contribution in [-0.4, -0.2) is 13.1 Å². The molecule has 0 aromatic carbocycles. The third-order valence-electron chi connectivity index (χ3n) is 1.38. The number of hydrogen-bond acceptors (Lipinski definition) is 1. The van der Waals surface area contributed by atoms with Crippen LogP contribution in [0.3, 0.4) is 0 Å². The van der Waals surface area contributed by atoms with E-state index >= 15 is 0 Å². The number of hydrogen-bond donors (Lipinski definition) is 1. The van der Waals surface area contributed by atoms with Crippen molar-refractivity contribution in [2.75, 3.05) is 13.1 Å². The molecule has 1 aliphatic heterocycles. The SMILES string of the molecule is C[C-]1CCCNC1.[Sc]. The van der Waals surface area contributed by atoms with E-state index in [1.807, 2.05) is 0 Å². The van der Waals surface area contributed by atoms with Gasteiger partial charge in [0.2, 0.25) is 0 Å². The molecule has 0 spiro atoms. The van der Waals surface area contributed by atoms with Gasteiger partial charge in [0.15, 0.2) is 0 Å². The van der Waals surface area contributed by atoms with E-state index in [2.05, 4.69) is 12.2 Å². The van der Waals surface area contributed by atoms with Crippen molar-refractivity contribution in [3.63, 3.8) is 0 Å². The molecule has 1 saturated heterocycles. The molecule has 45 valence electrons. The molecule has 1 aliphatic rings. The van der Waals surface area contributed by atoms with Crippen molar-refractivity contribution >= 4 is 0 Å². The predicted molar refractivity (Wildman–Crippen MR) is 31.0 cm³/mol. The summed E-state index contributed by atoms with van der Waals surface area (Å²) in [4.78, 5) is 0. The summed E-state index contributed by atoms with van der Waals surface area (Å²) >= 11 is 0. The van der Waals surface area contributed by atoms with Crippen molar-refractivity contribution < 1.29 is 25.8 Å². The van der Waals surface area contributed by atoms with E-state index in [1.165, 1.54) is 19.4 Å². The molecule has 1 N–H and O–H groups in total. The fraction of sp³-hybridized carbons (Fsp3) is 0.833. The summed E-state index contributed by atoms with van der Waals surface area (Å²) < 4.78 is 0. The van der Waals surface area contributed by atoms with Crippen LogP contribution in [0.4, 0.5) is 0 Å². The Morgan fingerprint density at radius 1 is 1.50 bits per heavy atom. The van der Waals surface area contributed by atoms with Crippen LogP contribution in [0.5, 0.6) is 0 Å². The minimum Gasteiger partial charge on any atom is -0.346 e. The van der Waals surface area contributed by atoms with Gasteiger partial charge in [-0.25, -0.2) is 0 Å². The molecular formula is C6H12NSc-. The summed E-state index contributed by atoms with van der Waals surface area (Å²) in [7, 11) is 0. The van der Waals surface area contributed by atoms with Crippen molar-refractivity contribution in [3.8, 4) is 0 Å². The summed E-state index contributed by atoms with van der Waals surface area (Å²) in [6.07, 6.45) is 2.68. The Hall–Kier alpha value is 0.830. The monoisotopic (exact) mass is 143 g/mol. The molecule has 2 heteroatoms. The van der Waals surface area contributed by atoms with Gasteiger partial charge in [0.05, 0.1) is 0 Å². The molecule has 0 atom stereocenters. The number of piperidine rings is 1. The first-order valence-electron chi connectivity index (χ1n) is 2.91. The summed E-state index contributed by atoms with van der Waals surface area (Å²) in [5.74, 6) is 1.60. The molecule has 0 aromatic heterocycles. The minimum atomic E-state index is 0. The Labute approximate surface area is 70.0 Å². The van der Waals surface area contributed by atoms with Gasteiger partial charge >= 0.3 is 0 Å². The van der Waals surface area contributed by atoms with Crippen molar-refractivity contribution in [3.05, 3.63) is 5.92 Å². The Balaban J connectivity index is 0.000000490. The van der Waals surface area contributed by atoms with Gasteiger partial charge < -0.3 is 11.2 Å². The van der Waals surface area contributed by atoms with Crippen LogP contribution in [0.15, 0.2) is 0 Å². The zero-order valence-corrected chi connectivity index (χ0v) is 7.21. The van der Waals surface area contributed by atoms with Gasteiger partial charge in [-0.15, -0.1) is 6.54 Å². The average Bonchev–Trinajstić information content (AvgIpc) is 1.69. The van der Waals surface area contributed by atoms with Crippen LogP contribution in [0.25, 0.3) is 0 Å². The van der Waals surface area contributed by atoms with E-state index in [-0.39, 0.29) is 25.8 Å². The molecule has 1 nitrogen and oxygen atoms in total. The smallest absolute Gasteiger partial charge is 0 e. The Morgan fingerprint density at radius 3 is 2.50 bits per heavy atom. The van der Waals surface area contributed by atoms with Gasteiger partial charge in [-0.3, -0.25) is 0 Å². The third kappa shape index (κ3) is 2.98. The van der Waals surface area contributed by atoms with Crippen LogP contribution < -0.4 is 5.32 Å². The van der Waals surface area contributed by atoms with Crippen LogP contribution in [0.2, 0.25) is 0 Å². The molecule has 0 unspecified atom stereocenters. The van der Waals surface area contributed by atoms with Crippen molar-refractivity contribution in [2.24, 2.45) is 0 Å². The van der Waals surface area contributed by atoms with Crippen LogP contribution in [0.1, 0.15) is 19.8 Å². The Bertz CT molecular complexity index is 50.5. The summed E-state index contributed by atoms with van der Waals surface area (Å²) in [5, 5.41) is 3.30. The molecule has 0 saturated carbocycles. The zero-order chi connectivity index (χ0) is 5.11. The summed E-state index contributed by atoms with van der Waals surface area (Å²) in [6.45, 7) is 4.59. The first kappa shape index (κ1) is 8.83. The third-order valence-corrected chi connectivity index (χ3v) is 1.38. The second-order valence-corrected chi connectivity index (χ2v) is 2.24. The van der Waals surface area contributed by atoms with Crippen molar-refractivity contribution in [2.45, 2.75) is 19.8 Å². The maximum absolute atomic E-state index is 3.30. The second kappa shape index (κ2) is 4.68. The Kier molecular flexibility index (Phi) is 5.17. The zero-order valence-electron chi connectivity index (χ0n) is 5.41. The Morgan fingerprint density at radius 2 is 2.25 bits per heavy atom. The normalized spacial score (nSPS) is 22.1. The van der Waals surface area contributed by atoms with Crippen LogP contribution in [0, 0.1) is 5.92 Å². The molecule has 0 bridgehead atoms. The van der Waals surface area contributed by atoms with E-state index < -0.39 is 0 Å². The van der Waals surface area contributed by atoms with Gasteiger partial charge in [0.25, 0.3) is 0 Å².